The fraction of sp³-hybridized carbons (Fsp3) is 0.130. The number of benzene rings is 3. The summed E-state index contributed by atoms with van der Waals surface area (Å²) >= 11 is 0. The van der Waals surface area contributed by atoms with Crippen molar-refractivity contribution >= 4 is 23.8 Å². The molecule has 3 aromatic carbocycles. The van der Waals surface area contributed by atoms with Crippen molar-refractivity contribution in [2.24, 2.45) is 0 Å². The van der Waals surface area contributed by atoms with Gasteiger partial charge in [0.1, 0.15) is 0 Å². The first kappa shape index (κ1) is 19.0. The predicted octanol–water partition coefficient (Wildman–Crippen LogP) is 5.00. The number of ether oxygens (including phenoxy) is 1. The monoisotopic (exact) mass is 348 g/mol. The Kier molecular flexibility index (Phi) is 7.95. The van der Waals surface area contributed by atoms with Gasteiger partial charge in [0.15, 0.2) is 0 Å². The Balaban J connectivity index is 0.000000326. The fourth-order valence-corrected chi connectivity index (χ4v) is 4.73. The van der Waals surface area contributed by atoms with Crippen LogP contribution in [0.25, 0.3) is 0 Å². The topological polar surface area (TPSA) is 9.23 Å². The zero-order valence-electron chi connectivity index (χ0n) is 14.9. The molecule has 0 fully saturated rings. The first-order valence-corrected chi connectivity index (χ1v) is 9.80. The molecule has 0 atom stereocenters. The largest absolute Gasteiger partial charge is 0.499 e. The molecule has 1 nitrogen and oxygen atoms in total. The third kappa shape index (κ3) is 6.21. The second-order valence-electron chi connectivity index (χ2n) is 5.48. The van der Waals surface area contributed by atoms with E-state index in [0.717, 1.165) is 12.4 Å². The quantitative estimate of drug-likeness (QED) is 0.466. The molecule has 0 aliphatic heterocycles. The molecule has 0 amide bonds. The van der Waals surface area contributed by atoms with E-state index in [1.54, 1.807) is 0 Å². The molecule has 128 valence electrons. The molecule has 3 aromatic rings. The molecule has 0 saturated heterocycles. The summed E-state index contributed by atoms with van der Waals surface area (Å²) in [5.74, 6) is 0.789. The van der Waals surface area contributed by atoms with Crippen LogP contribution in [0.1, 0.15) is 13.8 Å². The lowest BCUT2D eigenvalue weighted by atomic mass is 10.4. The molecular weight excluding hydrogens is 323 g/mol. The third-order valence-electron chi connectivity index (χ3n) is 3.43. The molecule has 0 unspecified atom stereocenters. The van der Waals surface area contributed by atoms with E-state index in [1.165, 1.54) is 15.9 Å². The number of hydrogen-bond donors (Lipinski definition) is 0. The van der Waals surface area contributed by atoms with Crippen LogP contribution in [0.5, 0.6) is 0 Å². The SMILES string of the molecule is C=C(C)OCC.c1ccc(P(c2ccccc2)c2ccccc2)cc1. The van der Waals surface area contributed by atoms with Gasteiger partial charge < -0.3 is 4.74 Å². The maximum absolute atomic E-state index is 4.85. The van der Waals surface area contributed by atoms with Crippen molar-refractivity contribution in [1.82, 2.24) is 0 Å². The highest BCUT2D eigenvalue weighted by Gasteiger charge is 2.14. The average Bonchev–Trinajstić information content (AvgIpc) is 2.65. The summed E-state index contributed by atoms with van der Waals surface area (Å²) in [6, 6.07) is 32.3. The molecule has 0 radical (unpaired) electrons. The lowest BCUT2D eigenvalue weighted by molar-refractivity contribution is 0.233. The summed E-state index contributed by atoms with van der Waals surface area (Å²) in [6.45, 7) is 8.03. The Morgan fingerprint density at radius 3 is 1.24 bits per heavy atom. The van der Waals surface area contributed by atoms with Gasteiger partial charge in [0.25, 0.3) is 0 Å². The number of allylic oxidation sites excluding steroid dienone is 1. The Bertz CT molecular complexity index is 645. The average molecular weight is 348 g/mol. The first-order valence-electron chi connectivity index (χ1n) is 8.46. The Morgan fingerprint density at radius 2 is 1.04 bits per heavy atom. The summed E-state index contributed by atoms with van der Waals surface area (Å²) in [5.41, 5.74) is 0. The maximum atomic E-state index is 4.85. The van der Waals surface area contributed by atoms with Crippen molar-refractivity contribution in [3.63, 3.8) is 0 Å². The number of rotatable bonds is 5. The van der Waals surface area contributed by atoms with Gasteiger partial charge in [-0.05, 0) is 37.7 Å². The minimum Gasteiger partial charge on any atom is -0.499 e. The fourth-order valence-electron chi connectivity index (χ4n) is 2.42. The van der Waals surface area contributed by atoms with Crippen LogP contribution >= 0.6 is 7.92 Å². The van der Waals surface area contributed by atoms with E-state index in [1.807, 2.05) is 13.8 Å². The van der Waals surface area contributed by atoms with Gasteiger partial charge in [-0.15, -0.1) is 0 Å². The van der Waals surface area contributed by atoms with Crippen molar-refractivity contribution < 1.29 is 4.74 Å². The van der Waals surface area contributed by atoms with E-state index in [2.05, 4.69) is 97.6 Å². The zero-order chi connectivity index (χ0) is 17.9. The Labute approximate surface area is 152 Å². The van der Waals surface area contributed by atoms with Crippen molar-refractivity contribution in [2.45, 2.75) is 13.8 Å². The van der Waals surface area contributed by atoms with Gasteiger partial charge in [-0.2, -0.15) is 0 Å². The van der Waals surface area contributed by atoms with E-state index in [0.29, 0.717) is 0 Å². The van der Waals surface area contributed by atoms with Crippen LogP contribution in [0.4, 0.5) is 0 Å². The minimum absolute atomic E-state index is 0.446. The van der Waals surface area contributed by atoms with E-state index in [4.69, 9.17) is 4.74 Å². The van der Waals surface area contributed by atoms with Gasteiger partial charge in [0.2, 0.25) is 0 Å². The molecule has 0 N–H and O–H groups in total. The van der Waals surface area contributed by atoms with E-state index in [9.17, 15) is 0 Å². The second kappa shape index (κ2) is 10.5. The van der Waals surface area contributed by atoms with Gasteiger partial charge in [-0.3, -0.25) is 0 Å². The van der Waals surface area contributed by atoms with Gasteiger partial charge in [0.05, 0.1) is 12.4 Å². The van der Waals surface area contributed by atoms with Crippen LogP contribution in [-0.2, 0) is 4.74 Å². The second-order valence-corrected chi connectivity index (χ2v) is 7.70. The minimum atomic E-state index is -0.446. The van der Waals surface area contributed by atoms with Crippen LogP contribution in [0.2, 0.25) is 0 Å². The van der Waals surface area contributed by atoms with Crippen molar-refractivity contribution in [3.05, 3.63) is 103 Å². The normalized spacial score (nSPS) is 9.88. The highest BCUT2D eigenvalue weighted by atomic mass is 31.1. The standard InChI is InChI=1S/C18H15P.C5H10O/c1-4-10-16(11-5-1)19(17-12-6-2-7-13-17)18-14-8-3-9-15-18;1-4-6-5(2)3/h1-15H;2,4H2,1,3H3. The molecule has 2 heteroatoms. The summed E-state index contributed by atoms with van der Waals surface area (Å²) < 4.78 is 4.85. The predicted molar refractivity (Wildman–Crippen MR) is 112 cm³/mol. The summed E-state index contributed by atoms with van der Waals surface area (Å²) in [6.07, 6.45) is 0. The van der Waals surface area contributed by atoms with E-state index in [-0.39, 0.29) is 0 Å². The first-order chi connectivity index (χ1) is 12.2. The van der Waals surface area contributed by atoms with Crippen LogP contribution in [0, 0.1) is 0 Å². The van der Waals surface area contributed by atoms with Crippen molar-refractivity contribution in [2.75, 3.05) is 6.61 Å². The number of hydrogen-bond acceptors (Lipinski definition) is 1. The van der Waals surface area contributed by atoms with Crippen molar-refractivity contribution in [1.29, 1.82) is 0 Å². The van der Waals surface area contributed by atoms with E-state index < -0.39 is 7.92 Å². The molecule has 25 heavy (non-hydrogen) atoms. The summed E-state index contributed by atoms with van der Waals surface area (Å²) in [4.78, 5) is 0. The van der Waals surface area contributed by atoms with Gasteiger partial charge in [-0.1, -0.05) is 97.6 Å². The van der Waals surface area contributed by atoms with Crippen LogP contribution in [-0.4, -0.2) is 6.61 Å². The van der Waals surface area contributed by atoms with Crippen LogP contribution in [0.3, 0.4) is 0 Å². The molecule has 0 saturated carbocycles. The smallest absolute Gasteiger partial charge is 0.0857 e. The van der Waals surface area contributed by atoms with E-state index >= 15 is 0 Å². The molecule has 0 aliphatic carbocycles. The lowest BCUT2D eigenvalue weighted by Gasteiger charge is -2.18. The maximum Gasteiger partial charge on any atom is 0.0857 e. The Hall–Kier alpha value is -2.37. The van der Waals surface area contributed by atoms with Gasteiger partial charge in [0, 0.05) is 0 Å². The molecule has 0 heterocycles. The van der Waals surface area contributed by atoms with Gasteiger partial charge in [-0.25, -0.2) is 0 Å². The molecule has 0 spiro atoms. The molecular formula is C23H25OP. The summed E-state index contributed by atoms with van der Waals surface area (Å²) in [7, 11) is -0.446. The highest BCUT2D eigenvalue weighted by molar-refractivity contribution is 7.79. The van der Waals surface area contributed by atoms with Crippen LogP contribution < -0.4 is 15.9 Å². The summed E-state index contributed by atoms with van der Waals surface area (Å²) in [5, 5.41) is 4.19. The molecule has 0 aromatic heterocycles. The zero-order valence-corrected chi connectivity index (χ0v) is 15.8. The third-order valence-corrected chi connectivity index (χ3v) is 5.88. The highest BCUT2D eigenvalue weighted by Crippen LogP contribution is 2.32. The molecule has 0 aliphatic rings. The lowest BCUT2D eigenvalue weighted by Crippen LogP contribution is -2.20. The molecule has 0 bridgehead atoms. The van der Waals surface area contributed by atoms with Crippen molar-refractivity contribution in [3.8, 4) is 0 Å². The Morgan fingerprint density at radius 1 is 0.720 bits per heavy atom. The van der Waals surface area contributed by atoms with Crippen LogP contribution in [0.15, 0.2) is 103 Å². The molecule has 3 rings (SSSR count). The van der Waals surface area contributed by atoms with Gasteiger partial charge >= 0.3 is 0 Å².